The standard InChI is InChI=1S/C53H32N4O/c54-33-34-19-21-35(22-20-34)40-27-29-48-46(31-40)53(44-17-9-7-15-42(44)43-16-8-10-18-45(43)53)47-32-41(28-30-49(47)58-48)36-23-25-39(26-24-36)52-56-50(37-11-3-1-4-12-37)55-51(57-52)38-13-5-2-6-14-38/h1-32H. The molecule has 5 nitrogen and oxygen atoms in total. The van der Waals surface area contributed by atoms with Crippen LogP contribution >= 0.6 is 0 Å². The lowest BCUT2D eigenvalue weighted by molar-refractivity contribution is 0.436. The maximum atomic E-state index is 9.47. The van der Waals surface area contributed by atoms with E-state index in [1.54, 1.807) is 0 Å². The first-order valence-electron chi connectivity index (χ1n) is 19.3. The molecule has 11 rings (SSSR count). The summed E-state index contributed by atoms with van der Waals surface area (Å²) in [4.78, 5) is 14.8. The van der Waals surface area contributed by atoms with E-state index in [0.29, 0.717) is 23.0 Å². The second-order valence-electron chi connectivity index (χ2n) is 14.7. The number of rotatable bonds is 5. The zero-order chi connectivity index (χ0) is 38.6. The van der Waals surface area contributed by atoms with Gasteiger partial charge < -0.3 is 4.74 Å². The Morgan fingerprint density at radius 2 is 0.741 bits per heavy atom. The molecule has 1 aromatic heterocycles. The fraction of sp³-hybridized carbons (Fsp3) is 0.0189. The van der Waals surface area contributed by atoms with E-state index in [9.17, 15) is 5.26 Å². The second kappa shape index (κ2) is 13.4. The van der Waals surface area contributed by atoms with E-state index in [4.69, 9.17) is 19.7 Å². The van der Waals surface area contributed by atoms with Crippen molar-refractivity contribution in [3.8, 4) is 85.1 Å². The van der Waals surface area contributed by atoms with Gasteiger partial charge in [0.05, 0.1) is 17.0 Å². The van der Waals surface area contributed by atoms with Crippen molar-refractivity contribution >= 4 is 0 Å². The fourth-order valence-electron chi connectivity index (χ4n) is 8.75. The van der Waals surface area contributed by atoms with Crippen molar-refractivity contribution in [2.75, 3.05) is 0 Å². The molecule has 2 aliphatic rings. The van der Waals surface area contributed by atoms with Gasteiger partial charge in [-0.3, -0.25) is 0 Å². The average molecular weight is 741 g/mol. The lowest BCUT2D eigenvalue weighted by atomic mass is 9.65. The van der Waals surface area contributed by atoms with Crippen LogP contribution in [0.25, 0.3) is 67.5 Å². The smallest absolute Gasteiger partial charge is 0.164 e. The van der Waals surface area contributed by atoms with Crippen LogP contribution in [0.1, 0.15) is 27.8 Å². The number of benzene rings is 8. The maximum absolute atomic E-state index is 9.47. The van der Waals surface area contributed by atoms with E-state index in [2.05, 4.69) is 115 Å². The lowest BCUT2D eigenvalue weighted by Crippen LogP contribution is -2.32. The fourth-order valence-corrected chi connectivity index (χ4v) is 8.75. The van der Waals surface area contributed by atoms with Gasteiger partial charge in [-0.05, 0) is 80.9 Å². The minimum Gasteiger partial charge on any atom is -0.457 e. The highest BCUT2D eigenvalue weighted by atomic mass is 16.5. The van der Waals surface area contributed by atoms with Gasteiger partial charge in [-0.1, -0.05) is 158 Å². The largest absolute Gasteiger partial charge is 0.457 e. The summed E-state index contributed by atoms with van der Waals surface area (Å²) < 4.78 is 6.82. The minimum atomic E-state index is -0.638. The molecule has 5 heteroatoms. The van der Waals surface area contributed by atoms with Crippen LogP contribution < -0.4 is 4.74 Å². The second-order valence-corrected chi connectivity index (χ2v) is 14.7. The molecule has 0 N–H and O–H groups in total. The monoisotopic (exact) mass is 740 g/mol. The summed E-state index contributed by atoms with van der Waals surface area (Å²) in [6, 6.07) is 69.2. The van der Waals surface area contributed by atoms with Gasteiger partial charge in [-0.25, -0.2) is 15.0 Å². The van der Waals surface area contributed by atoms with Gasteiger partial charge in [-0.15, -0.1) is 0 Å². The minimum absolute atomic E-state index is 0.617. The van der Waals surface area contributed by atoms with Gasteiger partial charge in [-0.2, -0.15) is 5.26 Å². The first kappa shape index (κ1) is 33.4. The van der Waals surface area contributed by atoms with Crippen LogP contribution in [0.2, 0.25) is 0 Å². The predicted octanol–water partition coefficient (Wildman–Crippen LogP) is 12.5. The van der Waals surface area contributed by atoms with Gasteiger partial charge >= 0.3 is 0 Å². The van der Waals surface area contributed by atoms with Crippen LogP contribution in [0.5, 0.6) is 11.5 Å². The number of aromatic nitrogens is 3. The molecule has 0 amide bonds. The summed E-state index contributed by atoms with van der Waals surface area (Å²) in [7, 11) is 0. The molecule has 0 atom stereocenters. The molecule has 1 aliphatic heterocycles. The molecule has 2 heterocycles. The SMILES string of the molecule is N#Cc1ccc(-c2ccc3c(c2)C2(c4cc(-c5ccc(-c6nc(-c7ccccc7)nc(-c7ccccc7)n6)cc5)ccc4O3)c3ccccc3-c3ccccc32)cc1. The van der Waals surface area contributed by atoms with Gasteiger partial charge in [0, 0.05) is 27.8 Å². The first-order chi connectivity index (χ1) is 28.7. The van der Waals surface area contributed by atoms with Crippen molar-refractivity contribution in [2.45, 2.75) is 5.41 Å². The quantitative estimate of drug-likeness (QED) is 0.176. The predicted molar refractivity (Wildman–Crippen MR) is 229 cm³/mol. The molecule has 0 fully saturated rings. The Hall–Kier alpha value is -7.94. The van der Waals surface area contributed by atoms with Gasteiger partial charge in [0.2, 0.25) is 0 Å². The normalized spacial score (nSPS) is 12.7. The molecule has 0 bridgehead atoms. The third-order valence-electron chi connectivity index (χ3n) is 11.5. The summed E-state index contributed by atoms with van der Waals surface area (Å²) in [5.41, 5.74) is 14.1. The first-order valence-corrected chi connectivity index (χ1v) is 19.3. The highest BCUT2D eigenvalue weighted by molar-refractivity contribution is 5.90. The molecule has 1 aliphatic carbocycles. The van der Waals surface area contributed by atoms with Crippen LogP contribution in [-0.2, 0) is 5.41 Å². The molecule has 9 aromatic rings. The highest BCUT2D eigenvalue weighted by Crippen LogP contribution is 2.62. The van der Waals surface area contributed by atoms with Gasteiger partial charge in [0.15, 0.2) is 17.5 Å². The molecule has 58 heavy (non-hydrogen) atoms. The summed E-state index contributed by atoms with van der Waals surface area (Å²) >= 11 is 0. The number of nitrogens with zero attached hydrogens (tertiary/aromatic N) is 4. The Morgan fingerprint density at radius 3 is 1.21 bits per heavy atom. The number of hydrogen-bond donors (Lipinski definition) is 0. The van der Waals surface area contributed by atoms with Crippen molar-refractivity contribution in [3.63, 3.8) is 0 Å². The van der Waals surface area contributed by atoms with E-state index in [0.717, 1.165) is 61.6 Å². The van der Waals surface area contributed by atoms with E-state index in [-0.39, 0.29) is 0 Å². The topological polar surface area (TPSA) is 71.7 Å². The number of ether oxygens (including phenoxy) is 1. The Morgan fingerprint density at radius 1 is 0.362 bits per heavy atom. The average Bonchev–Trinajstić information content (AvgIpc) is 3.60. The molecule has 270 valence electrons. The van der Waals surface area contributed by atoms with Crippen molar-refractivity contribution in [3.05, 3.63) is 222 Å². The molecule has 0 radical (unpaired) electrons. The summed E-state index contributed by atoms with van der Waals surface area (Å²) in [5.74, 6) is 3.54. The molecule has 0 saturated heterocycles. The summed E-state index contributed by atoms with van der Waals surface area (Å²) in [6.45, 7) is 0. The van der Waals surface area contributed by atoms with E-state index >= 15 is 0 Å². The highest BCUT2D eigenvalue weighted by Gasteiger charge is 2.51. The van der Waals surface area contributed by atoms with Crippen LogP contribution in [-0.4, -0.2) is 15.0 Å². The van der Waals surface area contributed by atoms with Crippen molar-refractivity contribution in [2.24, 2.45) is 0 Å². The van der Waals surface area contributed by atoms with Crippen LogP contribution in [0.3, 0.4) is 0 Å². The maximum Gasteiger partial charge on any atom is 0.164 e. The molecule has 0 saturated carbocycles. The van der Waals surface area contributed by atoms with Crippen molar-refractivity contribution in [1.82, 2.24) is 15.0 Å². The van der Waals surface area contributed by atoms with Crippen molar-refractivity contribution in [1.29, 1.82) is 5.26 Å². The Kier molecular flexibility index (Phi) is 7.70. The zero-order valence-electron chi connectivity index (χ0n) is 31.2. The lowest BCUT2D eigenvalue weighted by Gasteiger charge is -2.40. The Bertz CT molecular complexity index is 2980. The van der Waals surface area contributed by atoms with E-state index in [1.165, 1.54) is 22.3 Å². The molecular formula is C53H32N4O. The summed E-state index contributed by atoms with van der Waals surface area (Å²) in [5, 5.41) is 9.47. The van der Waals surface area contributed by atoms with Crippen molar-refractivity contribution < 1.29 is 4.74 Å². The molecule has 1 spiro atoms. The Labute approximate surface area is 336 Å². The Balaban J connectivity index is 1.06. The molecule has 8 aromatic carbocycles. The van der Waals surface area contributed by atoms with Crippen LogP contribution in [0.15, 0.2) is 194 Å². The van der Waals surface area contributed by atoms with Crippen LogP contribution in [0, 0.1) is 11.3 Å². The number of nitriles is 1. The number of fused-ring (bicyclic) bond motifs is 9. The molecular weight excluding hydrogens is 709 g/mol. The zero-order valence-corrected chi connectivity index (χ0v) is 31.2. The third-order valence-corrected chi connectivity index (χ3v) is 11.5. The van der Waals surface area contributed by atoms with Gasteiger partial charge in [0.25, 0.3) is 0 Å². The molecule has 0 unspecified atom stereocenters. The van der Waals surface area contributed by atoms with Crippen LogP contribution in [0.4, 0.5) is 0 Å². The summed E-state index contributed by atoms with van der Waals surface area (Å²) in [6.07, 6.45) is 0. The third kappa shape index (κ3) is 5.27. The number of hydrogen-bond acceptors (Lipinski definition) is 5. The van der Waals surface area contributed by atoms with E-state index < -0.39 is 5.41 Å². The van der Waals surface area contributed by atoms with E-state index in [1.807, 2.05) is 84.9 Å². The van der Waals surface area contributed by atoms with Gasteiger partial charge in [0.1, 0.15) is 11.5 Å².